The van der Waals surface area contributed by atoms with E-state index in [4.69, 9.17) is 9.84 Å². The summed E-state index contributed by atoms with van der Waals surface area (Å²) in [5.41, 5.74) is 4.66. The first-order valence-corrected chi connectivity index (χ1v) is 18.0. The van der Waals surface area contributed by atoms with Gasteiger partial charge in [-0.3, -0.25) is 30.2 Å². The van der Waals surface area contributed by atoms with Crippen LogP contribution >= 0.6 is 0 Å². The smallest absolute Gasteiger partial charge is 0.302 e. The predicted molar refractivity (Wildman–Crippen MR) is 190 cm³/mol. The molecule has 9 atom stereocenters. The van der Waals surface area contributed by atoms with E-state index in [1.54, 1.807) is 0 Å². The molecule has 1 aromatic carbocycles. The third kappa shape index (κ3) is 7.56. The first-order chi connectivity index (χ1) is 23.5. The highest BCUT2D eigenvalue weighted by Gasteiger charge is 2.61. The summed E-state index contributed by atoms with van der Waals surface area (Å²) in [5, 5.41) is 49.4. The Bertz CT molecular complexity index is 1510. The Hall–Kier alpha value is -3.52. The number of benzene rings is 1. The van der Waals surface area contributed by atoms with Crippen molar-refractivity contribution < 1.29 is 29.5 Å². The van der Waals surface area contributed by atoms with Gasteiger partial charge in [0.2, 0.25) is 5.91 Å². The number of carbonyl (C=O) groups excluding carboxylic acids is 3. The Kier molecular flexibility index (Phi) is 11.3. The summed E-state index contributed by atoms with van der Waals surface area (Å²) < 4.78 is 5.63. The molecule has 0 aromatic heterocycles. The summed E-state index contributed by atoms with van der Waals surface area (Å²) in [6.45, 7) is 12.2. The van der Waals surface area contributed by atoms with E-state index in [2.05, 4.69) is 30.7 Å². The van der Waals surface area contributed by atoms with Crippen molar-refractivity contribution in [1.29, 1.82) is 0 Å². The lowest BCUT2D eigenvalue weighted by molar-refractivity contribution is -0.148. The molecular weight excluding hydrogens is 642 g/mol. The number of fused-ring (bicyclic) bond motifs is 5. The first-order valence-electron chi connectivity index (χ1n) is 18.0. The molecule has 3 fully saturated rings. The maximum Gasteiger partial charge on any atom is 0.302 e. The van der Waals surface area contributed by atoms with Crippen LogP contribution in [0.5, 0.6) is 0 Å². The second kappa shape index (κ2) is 15.0. The average Bonchev–Trinajstić information content (AvgIpc) is 3.36. The Morgan fingerprint density at radius 3 is 2.48 bits per heavy atom. The maximum atomic E-state index is 13.9. The molecule has 276 valence electrons. The standard InChI is InChI=1S/C37H53N5O8/c1-21(20-38-23(3)43)7-12-34(45)22(2)35-32(40-39-31-11-9-26(41(46)47)18-33(31)42(48)49)19-30-28-10-8-25-17-27(50-24(4)44)13-15-36(25,5)29(28)14-16-37(30,35)6/h8-9,11,18,21-22,27-30,35,39,48-49H,7,10,12-17,19-20H2,1-6H3,(H,38,43)/q-2/t21-,22-,27+,28+,29+,30-,35+,36+,37+/m1/s1. The minimum atomic E-state index is -0.616. The van der Waals surface area contributed by atoms with Crippen molar-refractivity contribution in [2.75, 3.05) is 22.4 Å². The number of Topliss-reactive ketones (excluding diaryl/α,β-unsaturated/α-hetero) is 1. The highest BCUT2D eigenvalue weighted by Crippen LogP contribution is 2.66. The largest absolute Gasteiger partial charge is 0.769 e. The molecule has 0 saturated heterocycles. The van der Waals surface area contributed by atoms with E-state index in [1.165, 1.54) is 31.6 Å². The number of anilines is 3. The highest BCUT2D eigenvalue weighted by atomic mass is 16.8. The molecule has 1 aromatic rings. The molecule has 4 aliphatic carbocycles. The van der Waals surface area contributed by atoms with Gasteiger partial charge in [0, 0.05) is 56.5 Å². The molecule has 0 heterocycles. The number of rotatable bonds is 12. The van der Waals surface area contributed by atoms with E-state index in [9.17, 15) is 35.2 Å². The van der Waals surface area contributed by atoms with Gasteiger partial charge in [-0.2, -0.15) is 5.10 Å². The second-order valence-electron chi connectivity index (χ2n) is 15.8. The number of nitrogens with one attached hydrogen (secondary N) is 2. The molecule has 0 unspecified atom stereocenters. The van der Waals surface area contributed by atoms with E-state index < -0.39 is 5.23 Å². The zero-order valence-corrected chi connectivity index (χ0v) is 30.1. The van der Waals surface area contributed by atoms with Gasteiger partial charge in [-0.05, 0) is 97.6 Å². The number of allylic oxidation sites excluding steroid dienone is 1. The lowest BCUT2D eigenvalue weighted by atomic mass is 9.47. The van der Waals surface area contributed by atoms with E-state index in [-0.39, 0.29) is 80.6 Å². The fraction of sp³-hybridized carbons (Fsp3) is 0.676. The first kappa shape index (κ1) is 37.7. The Labute approximate surface area is 294 Å². The van der Waals surface area contributed by atoms with Crippen LogP contribution in [0.25, 0.3) is 0 Å². The summed E-state index contributed by atoms with van der Waals surface area (Å²) in [6.07, 6.45) is 9.45. The van der Waals surface area contributed by atoms with E-state index in [0.717, 1.165) is 50.3 Å². The molecule has 4 N–H and O–H groups in total. The van der Waals surface area contributed by atoms with Crippen molar-refractivity contribution in [3.63, 3.8) is 0 Å². The summed E-state index contributed by atoms with van der Waals surface area (Å²) in [6, 6.07) is 3.71. The van der Waals surface area contributed by atoms with Gasteiger partial charge < -0.3 is 25.7 Å². The lowest BCUT2D eigenvalue weighted by Gasteiger charge is -2.58. The number of hydrogen-bond donors (Lipinski definition) is 4. The minimum absolute atomic E-state index is 0.0133. The maximum absolute atomic E-state index is 13.9. The molecule has 0 bridgehead atoms. The Balaban J connectivity index is 1.45. The molecule has 0 radical (unpaired) electrons. The number of hydrogen-bond acceptors (Lipinski definition) is 12. The van der Waals surface area contributed by atoms with Crippen molar-refractivity contribution >= 4 is 40.4 Å². The SMILES string of the molecule is CC(=O)NC[C@H](C)CCC(=O)[C@@H](C)[C@H]1C(=NNc2ccc(N([O-])[O-])cc2N(O)O)C[C@@H]2[C@H]3CC=C4C[C@@H](OC(C)=O)CC[C@]4(C)[C@H]3CC[C@@]21C. The molecule has 13 nitrogen and oxygen atoms in total. The molecular formula is C37H53N5O8-2. The lowest BCUT2D eigenvalue weighted by Crippen LogP contribution is -2.51. The van der Waals surface area contributed by atoms with Crippen molar-refractivity contribution in [2.24, 2.45) is 51.4 Å². The van der Waals surface area contributed by atoms with Crippen LogP contribution < -0.4 is 21.2 Å². The molecule has 13 heteroatoms. The van der Waals surface area contributed by atoms with E-state index >= 15 is 0 Å². The van der Waals surface area contributed by atoms with Crippen molar-refractivity contribution in [1.82, 2.24) is 5.32 Å². The number of carbonyl (C=O) groups is 3. The van der Waals surface area contributed by atoms with Crippen molar-refractivity contribution in [3.05, 3.63) is 40.3 Å². The van der Waals surface area contributed by atoms with Gasteiger partial charge in [0.25, 0.3) is 0 Å². The molecule has 1 amide bonds. The molecule has 0 spiro atoms. The fourth-order valence-electron chi connectivity index (χ4n) is 10.0. The number of amides is 1. The normalized spacial score (nSPS) is 32.1. The van der Waals surface area contributed by atoms with Crippen LogP contribution in [-0.4, -0.2) is 46.4 Å². The fourth-order valence-corrected chi connectivity index (χ4v) is 10.0. The monoisotopic (exact) mass is 695 g/mol. The quantitative estimate of drug-likeness (QED) is 0.103. The number of ketones is 1. The van der Waals surface area contributed by atoms with Crippen LogP contribution in [0.4, 0.5) is 17.1 Å². The predicted octanol–water partition coefficient (Wildman–Crippen LogP) is 6.72. The van der Waals surface area contributed by atoms with E-state index in [0.29, 0.717) is 37.6 Å². The van der Waals surface area contributed by atoms with Gasteiger partial charge in [0.05, 0.1) is 5.69 Å². The Morgan fingerprint density at radius 1 is 1.08 bits per heavy atom. The third-order valence-corrected chi connectivity index (χ3v) is 12.6. The molecule has 0 aliphatic heterocycles. The number of nitrogens with zero attached hydrogens (tertiary/aromatic N) is 3. The number of hydrazone groups is 1. The second-order valence-corrected chi connectivity index (χ2v) is 15.8. The van der Waals surface area contributed by atoms with Crippen LogP contribution in [0.1, 0.15) is 99.3 Å². The Morgan fingerprint density at radius 2 is 1.82 bits per heavy atom. The van der Waals surface area contributed by atoms with Crippen molar-refractivity contribution in [3.8, 4) is 0 Å². The highest BCUT2D eigenvalue weighted by molar-refractivity contribution is 5.96. The zero-order valence-electron chi connectivity index (χ0n) is 30.1. The van der Waals surface area contributed by atoms with Gasteiger partial charge in [-0.25, -0.2) is 0 Å². The number of ether oxygens (including phenoxy) is 1. The van der Waals surface area contributed by atoms with Gasteiger partial charge in [0.1, 0.15) is 17.6 Å². The summed E-state index contributed by atoms with van der Waals surface area (Å²) in [5.74, 6) is 0.544. The van der Waals surface area contributed by atoms with E-state index in [1.807, 2.05) is 13.8 Å². The molecule has 3 saturated carbocycles. The number of esters is 1. The topological polar surface area (TPSA) is 190 Å². The van der Waals surface area contributed by atoms with Gasteiger partial charge in [0.15, 0.2) is 0 Å². The van der Waals surface area contributed by atoms with Crippen LogP contribution in [0, 0.1) is 56.8 Å². The average molecular weight is 696 g/mol. The molecule has 50 heavy (non-hydrogen) atoms. The van der Waals surface area contributed by atoms with Gasteiger partial charge in [-0.1, -0.05) is 39.3 Å². The van der Waals surface area contributed by atoms with Gasteiger partial charge >= 0.3 is 5.97 Å². The molecule has 5 rings (SSSR count). The molecule has 4 aliphatic rings. The van der Waals surface area contributed by atoms with Crippen molar-refractivity contribution in [2.45, 2.75) is 105 Å². The zero-order chi connectivity index (χ0) is 36.5. The van der Waals surface area contributed by atoms with Gasteiger partial charge in [-0.15, -0.1) is 5.23 Å². The van der Waals surface area contributed by atoms with Crippen LogP contribution in [0.15, 0.2) is 34.9 Å². The summed E-state index contributed by atoms with van der Waals surface area (Å²) in [7, 11) is 0. The van der Waals surface area contributed by atoms with Crippen LogP contribution in [0.2, 0.25) is 0 Å². The third-order valence-electron chi connectivity index (χ3n) is 12.6. The van der Waals surface area contributed by atoms with Crippen LogP contribution in [0.3, 0.4) is 0 Å². The minimum Gasteiger partial charge on any atom is -0.769 e. The van der Waals surface area contributed by atoms with Crippen LogP contribution in [-0.2, 0) is 19.1 Å². The summed E-state index contributed by atoms with van der Waals surface area (Å²) >= 11 is 0. The summed E-state index contributed by atoms with van der Waals surface area (Å²) in [4.78, 5) is 37.1.